The Hall–Kier alpha value is -1.64. The Morgan fingerprint density at radius 2 is 1.88 bits per heavy atom. The largest absolute Gasteiger partial charge is 0.369 e. The second-order valence-electron chi connectivity index (χ2n) is 6.32. The molecule has 0 radical (unpaired) electrons. The number of hydrogen-bond donors (Lipinski definition) is 1. The highest BCUT2D eigenvalue weighted by molar-refractivity contribution is 7.89. The van der Waals surface area contributed by atoms with Gasteiger partial charge in [-0.2, -0.15) is 4.31 Å². The normalized spacial score (nSPS) is 22.1. The summed E-state index contributed by atoms with van der Waals surface area (Å²) in [6.45, 7) is 4.67. The Labute approximate surface area is 149 Å². The molecule has 2 aliphatic rings. The molecule has 0 bridgehead atoms. The van der Waals surface area contributed by atoms with Crippen molar-refractivity contribution in [1.82, 2.24) is 4.31 Å². The first kappa shape index (κ1) is 18.2. The predicted octanol–water partition coefficient (Wildman–Crippen LogP) is 1.28. The van der Waals surface area contributed by atoms with Gasteiger partial charge in [-0.05, 0) is 44.0 Å². The van der Waals surface area contributed by atoms with Gasteiger partial charge in [-0.1, -0.05) is 0 Å². The zero-order valence-corrected chi connectivity index (χ0v) is 15.3. The lowest BCUT2D eigenvalue weighted by atomic mass is 10.2. The first-order chi connectivity index (χ1) is 12.0. The quantitative estimate of drug-likeness (QED) is 0.848. The van der Waals surface area contributed by atoms with E-state index in [1.54, 1.807) is 11.2 Å². The number of amides is 1. The van der Waals surface area contributed by atoms with E-state index in [1.807, 2.05) is 24.3 Å². The number of hydrogen-bond acceptors (Lipinski definition) is 5. The summed E-state index contributed by atoms with van der Waals surface area (Å²) in [5.74, 6) is 0.0511. The van der Waals surface area contributed by atoms with Crippen LogP contribution in [0.25, 0.3) is 0 Å². The van der Waals surface area contributed by atoms with Crippen LogP contribution >= 0.6 is 0 Å². The highest BCUT2D eigenvalue weighted by atomic mass is 32.2. The van der Waals surface area contributed by atoms with Crippen LogP contribution in [0.5, 0.6) is 0 Å². The Kier molecular flexibility index (Phi) is 5.61. The second kappa shape index (κ2) is 7.72. The first-order valence-electron chi connectivity index (χ1n) is 8.75. The average molecular weight is 367 g/mol. The van der Waals surface area contributed by atoms with Crippen molar-refractivity contribution >= 4 is 27.3 Å². The molecule has 2 fully saturated rings. The van der Waals surface area contributed by atoms with Crippen LogP contribution in [0.2, 0.25) is 0 Å². The molecule has 138 valence electrons. The zero-order chi connectivity index (χ0) is 17.9. The summed E-state index contributed by atoms with van der Waals surface area (Å²) in [6.07, 6.45) is 1.36. The number of benzene rings is 1. The Bertz CT molecular complexity index is 691. The summed E-state index contributed by atoms with van der Waals surface area (Å²) in [5, 5.41) is 2.88. The summed E-state index contributed by atoms with van der Waals surface area (Å²) in [5.41, 5.74) is 1.78. The third-order valence-corrected chi connectivity index (χ3v) is 6.60. The van der Waals surface area contributed by atoms with E-state index in [1.165, 1.54) is 0 Å². The highest BCUT2D eigenvalue weighted by Crippen LogP contribution is 2.21. The number of sulfonamides is 1. The fourth-order valence-corrected chi connectivity index (χ4v) is 4.25. The second-order valence-corrected chi connectivity index (χ2v) is 8.58. The minimum Gasteiger partial charge on any atom is -0.369 e. The van der Waals surface area contributed by atoms with Gasteiger partial charge in [-0.15, -0.1) is 0 Å². The molecule has 1 N–H and O–H groups in total. The van der Waals surface area contributed by atoms with Crippen LogP contribution in [-0.2, 0) is 19.6 Å². The van der Waals surface area contributed by atoms with Crippen molar-refractivity contribution in [2.24, 2.45) is 0 Å². The number of piperazine rings is 1. The molecule has 3 rings (SSSR count). The minimum absolute atomic E-state index is 0.0939. The van der Waals surface area contributed by atoms with Gasteiger partial charge in [0.15, 0.2) is 0 Å². The predicted molar refractivity (Wildman–Crippen MR) is 97.3 cm³/mol. The molecule has 25 heavy (non-hydrogen) atoms. The number of rotatable bonds is 5. The Morgan fingerprint density at radius 3 is 2.44 bits per heavy atom. The number of anilines is 2. The number of nitrogens with zero attached hydrogens (tertiary/aromatic N) is 2. The van der Waals surface area contributed by atoms with Crippen LogP contribution < -0.4 is 10.2 Å². The summed E-state index contributed by atoms with van der Waals surface area (Å²) >= 11 is 0. The molecular formula is C17H25N3O4S. The van der Waals surface area contributed by atoms with E-state index in [0.29, 0.717) is 32.8 Å². The summed E-state index contributed by atoms with van der Waals surface area (Å²) in [7, 11) is -3.11. The highest BCUT2D eigenvalue weighted by Gasteiger charge is 2.26. The van der Waals surface area contributed by atoms with Gasteiger partial charge in [0.05, 0.1) is 5.75 Å². The molecule has 1 unspecified atom stereocenters. The van der Waals surface area contributed by atoms with Crippen molar-refractivity contribution < 1.29 is 17.9 Å². The number of carbonyl (C=O) groups is 1. The maximum atomic E-state index is 12.1. The van der Waals surface area contributed by atoms with Gasteiger partial charge in [0.1, 0.15) is 6.10 Å². The third-order valence-electron chi connectivity index (χ3n) is 4.72. The SMILES string of the molecule is CCS(=O)(=O)N1CCN(c2ccc(NC(=O)C3CCCO3)cc2)CC1. The van der Waals surface area contributed by atoms with Gasteiger partial charge in [-0.3, -0.25) is 4.79 Å². The van der Waals surface area contributed by atoms with E-state index >= 15 is 0 Å². The van der Waals surface area contributed by atoms with Crippen molar-refractivity contribution in [3.63, 3.8) is 0 Å². The Balaban J connectivity index is 1.55. The van der Waals surface area contributed by atoms with Crippen LogP contribution in [-0.4, -0.2) is 63.3 Å². The molecular weight excluding hydrogens is 342 g/mol. The monoisotopic (exact) mass is 367 g/mol. The lowest BCUT2D eigenvalue weighted by Crippen LogP contribution is -2.49. The van der Waals surface area contributed by atoms with Gasteiger partial charge in [0.2, 0.25) is 10.0 Å². The van der Waals surface area contributed by atoms with Gasteiger partial charge in [0, 0.05) is 44.2 Å². The molecule has 1 amide bonds. The van der Waals surface area contributed by atoms with E-state index in [2.05, 4.69) is 10.2 Å². The van der Waals surface area contributed by atoms with Crippen LogP contribution in [0.1, 0.15) is 19.8 Å². The van der Waals surface area contributed by atoms with Crippen LogP contribution in [0.15, 0.2) is 24.3 Å². The standard InChI is InChI=1S/C17H25N3O4S/c1-2-25(22,23)20-11-9-19(10-12-20)15-7-5-14(6-8-15)18-17(21)16-4-3-13-24-16/h5-8,16H,2-4,9-13H2,1H3,(H,18,21). The van der Waals surface area contributed by atoms with E-state index in [4.69, 9.17) is 4.74 Å². The number of ether oxygens (including phenoxy) is 1. The molecule has 2 heterocycles. The molecule has 0 aliphatic carbocycles. The fourth-order valence-electron chi connectivity index (χ4n) is 3.17. The van der Waals surface area contributed by atoms with Crippen LogP contribution in [0.3, 0.4) is 0 Å². The maximum Gasteiger partial charge on any atom is 0.253 e. The molecule has 8 heteroatoms. The molecule has 0 aromatic heterocycles. The summed E-state index contributed by atoms with van der Waals surface area (Å²) in [4.78, 5) is 14.2. The molecule has 0 spiro atoms. The first-order valence-corrected chi connectivity index (χ1v) is 10.4. The smallest absolute Gasteiger partial charge is 0.253 e. The fraction of sp³-hybridized carbons (Fsp3) is 0.588. The van der Waals surface area contributed by atoms with Gasteiger partial charge in [0.25, 0.3) is 5.91 Å². The summed E-state index contributed by atoms with van der Waals surface area (Å²) < 4.78 is 30.8. The third kappa shape index (κ3) is 4.31. The molecule has 2 saturated heterocycles. The van der Waals surface area contributed by atoms with Crippen molar-refractivity contribution in [3.05, 3.63) is 24.3 Å². The molecule has 1 aromatic rings. The lowest BCUT2D eigenvalue weighted by molar-refractivity contribution is -0.124. The topological polar surface area (TPSA) is 79.0 Å². The van der Waals surface area contributed by atoms with Crippen molar-refractivity contribution in [3.8, 4) is 0 Å². The molecule has 0 saturated carbocycles. The number of nitrogens with one attached hydrogen (secondary N) is 1. The maximum absolute atomic E-state index is 12.1. The molecule has 7 nitrogen and oxygen atoms in total. The Morgan fingerprint density at radius 1 is 1.20 bits per heavy atom. The van der Waals surface area contributed by atoms with E-state index in [-0.39, 0.29) is 17.8 Å². The zero-order valence-electron chi connectivity index (χ0n) is 14.5. The van der Waals surface area contributed by atoms with E-state index in [0.717, 1.165) is 24.2 Å². The lowest BCUT2D eigenvalue weighted by Gasteiger charge is -2.35. The summed E-state index contributed by atoms with van der Waals surface area (Å²) in [6, 6.07) is 7.65. The average Bonchev–Trinajstić information content (AvgIpc) is 3.17. The minimum atomic E-state index is -3.11. The van der Waals surface area contributed by atoms with Gasteiger partial charge < -0.3 is 15.0 Å². The van der Waals surface area contributed by atoms with E-state index < -0.39 is 10.0 Å². The number of carbonyl (C=O) groups excluding carboxylic acids is 1. The van der Waals surface area contributed by atoms with Crippen molar-refractivity contribution in [2.45, 2.75) is 25.9 Å². The van der Waals surface area contributed by atoms with Crippen molar-refractivity contribution in [2.75, 3.05) is 48.8 Å². The molecule has 2 aliphatic heterocycles. The molecule has 1 aromatic carbocycles. The van der Waals surface area contributed by atoms with Crippen molar-refractivity contribution in [1.29, 1.82) is 0 Å². The van der Waals surface area contributed by atoms with E-state index in [9.17, 15) is 13.2 Å². The van der Waals surface area contributed by atoms with Gasteiger partial charge in [-0.25, -0.2) is 8.42 Å². The van der Waals surface area contributed by atoms with Gasteiger partial charge >= 0.3 is 0 Å². The van der Waals surface area contributed by atoms with Crippen LogP contribution in [0.4, 0.5) is 11.4 Å². The van der Waals surface area contributed by atoms with Crippen LogP contribution in [0, 0.1) is 0 Å². The molecule has 1 atom stereocenters.